The number of halogens is 1. The van der Waals surface area contributed by atoms with Gasteiger partial charge in [0.25, 0.3) is 0 Å². The van der Waals surface area contributed by atoms with Crippen LogP contribution in [-0.4, -0.2) is 36.7 Å². The maximum Gasteiger partial charge on any atom is 0.123 e. The van der Waals surface area contributed by atoms with E-state index in [0.717, 1.165) is 49.9 Å². The fraction of sp³-hybridized carbons (Fsp3) is 0.333. The number of para-hydroxylation sites is 1. The Morgan fingerprint density at radius 1 is 1.04 bits per heavy atom. The van der Waals surface area contributed by atoms with E-state index in [1.54, 1.807) is 7.11 Å². The molecule has 0 aromatic heterocycles. The van der Waals surface area contributed by atoms with Gasteiger partial charge in [-0.3, -0.25) is 4.90 Å². The van der Waals surface area contributed by atoms with Crippen LogP contribution in [0.25, 0.3) is 0 Å². The maximum absolute atomic E-state index is 5.99. The first-order chi connectivity index (χ1) is 12.7. The van der Waals surface area contributed by atoms with Crippen molar-refractivity contribution >= 4 is 11.6 Å². The Kier molecular flexibility index (Phi) is 5.16. The number of hydrazine groups is 1. The van der Waals surface area contributed by atoms with E-state index in [0.29, 0.717) is 0 Å². The highest BCUT2D eigenvalue weighted by Crippen LogP contribution is 2.26. The Hall–Kier alpha value is -2.01. The van der Waals surface area contributed by atoms with Crippen molar-refractivity contribution in [2.75, 3.05) is 26.7 Å². The van der Waals surface area contributed by atoms with E-state index in [2.05, 4.69) is 39.6 Å². The zero-order valence-electron chi connectivity index (χ0n) is 15.0. The SMILES string of the molecule is COc1ccccc1CN1CC2=C(CCN(Cc3ccc(Cl)cc3)C2)N1. The molecule has 2 heterocycles. The molecule has 0 saturated carbocycles. The fourth-order valence-corrected chi connectivity index (χ4v) is 3.88. The van der Waals surface area contributed by atoms with E-state index >= 15 is 0 Å². The number of nitrogens with one attached hydrogen (secondary N) is 1. The molecule has 1 N–H and O–H groups in total. The number of nitrogens with zero attached hydrogens (tertiary/aromatic N) is 2. The maximum atomic E-state index is 5.99. The molecule has 4 nitrogen and oxygen atoms in total. The molecule has 0 radical (unpaired) electrons. The minimum absolute atomic E-state index is 0.796. The molecule has 2 aliphatic heterocycles. The molecule has 0 aliphatic carbocycles. The van der Waals surface area contributed by atoms with Crippen LogP contribution in [-0.2, 0) is 13.1 Å². The average molecular weight is 370 g/mol. The van der Waals surface area contributed by atoms with Crippen molar-refractivity contribution in [1.82, 2.24) is 15.3 Å². The third-order valence-electron chi connectivity index (χ3n) is 5.07. The second kappa shape index (κ2) is 7.70. The Morgan fingerprint density at radius 3 is 2.65 bits per heavy atom. The predicted octanol–water partition coefficient (Wildman–Crippen LogP) is 3.83. The van der Waals surface area contributed by atoms with E-state index in [1.165, 1.54) is 22.4 Å². The normalized spacial score (nSPS) is 17.9. The lowest BCUT2D eigenvalue weighted by Crippen LogP contribution is -2.32. The smallest absolute Gasteiger partial charge is 0.123 e. The van der Waals surface area contributed by atoms with Crippen molar-refractivity contribution in [3.8, 4) is 5.75 Å². The van der Waals surface area contributed by atoms with Crippen molar-refractivity contribution in [3.05, 3.63) is 76.0 Å². The van der Waals surface area contributed by atoms with Crippen LogP contribution in [0.2, 0.25) is 5.02 Å². The lowest BCUT2D eigenvalue weighted by Gasteiger charge is -2.27. The van der Waals surface area contributed by atoms with E-state index in [1.807, 2.05) is 24.3 Å². The lowest BCUT2D eigenvalue weighted by atomic mass is 10.1. The number of ether oxygens (including phenoxy) is 1. The second-order valence-corrected chi connectivity index (χ2v) is 7.39. The van der Waals surface area contributed by atoms with Gasteiger partial charge in [-0.15, -0.1) is 0 Å². The van der Waals surface area contributed by atoms with Crippen LogP contribution < -0.4 is 10.2 Å². The van der Waals surface area contributed by atoms with Gasteiger partial charge in [0.2, 0.25) is 0 Å². The molecule has 2 aromatic rings. The Bertz CT molecular complexity index is 803. The number of methoxy groups -OCH3 is 1. The number of benzene rings is 2. The highest BCUT2D eigenvalue weighted by atomic mass is 35.5. The molecule has 2 aliphatic rings. The zero-order valence-corrected chi connectivity index (χ0v) is 15.8. The van der Waals surface area contributed by atoms with Crippen LogP contribution in [0.5, 0.6) is 5.75 Å². The molecule has 0 unspecified atom stereocenters. The molecule has 26 heavy (non-hydrogen) atoms. The zero-order chi connectivity index (χ0) is 17.9. The van der Waals surface area contributed by atoms with Gasteiger partial charge in [0, 0.05) is 55.4 Å². The van der Waals surface area contributed by atoms with Crippen LogP contribution in [0.3, 0.4) is 0 Å². The molecule has 5 heteroatoms. The summed E-state index contributed by atoms with van der Waals surface area (Å²) in [5.74, 6) is 0.948. The largest absolute Gasteiger partial charge is 0.496 e. The predicted molar refractivity (Wildman–Crippen MR) is 105 cm³/mol. The lowest BCUT2D eigenvalue weighted by molar-refractivity contribution is 0.242. The van der Waals surface area contributed by atoms with Crippen LogP contribution in [0.15, 0.2) is 59.8 Å². The van der Waals surface area contributed by atoms with Crippen LogP contribution in [0, 0.1) is 0 Å². The minimum Gasteiger partial charge on any atom is -0.496 e. The van der Waals surface area contributed by atoms with E-state index in [-0.39, 0.29) is 0 Å². The van der Waals surface area contributed by atoms with E-state index in [4.69, 9.17) is 16.3 Å². The first kappa shape index (κ1) is 17.4. The second-order valence-electron chi connectivity index (χ2n) is 6.95. The van der Waals surface area contributed by atoms with Crippen molar-refractivity contribution in [1.29, 1.82) is 0 Å². The molecule has 0 bridgehead atoms. The average Bonchev–Trinajstić information content (AvgIpc) is 3.05. The molecule has 2 aromatic carbocycles. The quantitative estimate of drug-likeness (QED) is 0.866. The molecule has 136 valence electrons. The standard InChI is InChI=1S/C21H24ClN3O/c1-26-21-5-3-2-4-17(21)14-25-15-18-13-24(11-10-20(18)23-25)12-16-6-8-19(22)9-7-16/h2-9,23H,10-15H2,1H3. The Labute approximate surface area is 160 Å². The van der Waals surface area contributed by atoms with Gasteiger partial charge in [-0.25, -0.2) is 5.01 Å². The van der Waals surface area contributed by atoms with Gasteiger partial charge in [0.15, 0.2) is 0 Å². The third kappa shape index (κ3) is 3.88. The van der Waals surface area contributed by atoms with Crippen LogP contribution in [0.1, 0.15) is 17.5 Å². The summed E-state index contributed by atoms with van der Waals surface area (Å²) in [6.45, 7) is 4.88. The van der Waals surface area contributed by atoms with E-state index < -0.39 is 0 Å². The minimum atomic E-state index is 0.796. The monoisotopic (exact) mass is 369 g/mol. The van der Waals surface area contributed by atoms with Gasteiger partial charge in [0.05, 0.1) is 7.11 Å². The first-order valence-electron chi connectivity index (χ1n) is 9.02. The summed E-state index contributed by atoms with van der Waals surface area (Å²) in [7, 11) is 1.73. The molecule has 0 fully saturated rings. The van der Waals surface area contributed by atoms with E-state index in [9.17, 15) is 0 Å². The van der Waals surface area contributed by atoms with Crippen molar-refractivity contribution in [3.63, 3.8) is 0 Å². The van der Waals surface area contributed by atoms with Gasteiger partial charge in [-0.05, 0) is 29.3 Å². The van der Waals surface area contributed by atoms with Crippen molar-refractivity contribution in [2.45, 2.75) is 19.5 Å². The van der Waals surface area contributed by atoms with Crippen molar-refractivity contribution < 1.29 is 4.74 Å². The summed E-state index contributed by atoms with van der Waals surface area (Å²) < 4.78 is 5.48. The first-order valence-corrected chi connectivity index (χ1v) is 9.40. The number of rotatable bonds is 5. The summed E-state index contributed by atoms with van der Waals surface area (Å²) in [5, 5.41) is 3.08. The Morgan fingerprint density at radius 2 is 1.85 bits per heavy atom. The van der Waals surface area contributed by atoms with Crippen molar-refractivity contribution in [2.24, 2.45) is 0 Å². The number of hydrogen-bond acceptors (Lipinski definition) is 4. The summed E-state index contributed by atoms with van der Waals surface area (Å²) in [5.41, 5.74) is 9.02. The fourth-order valence-electron chi connectivity index (χ4n) is 3.75. The highest BCUT2D eigenvalue weighted by Gasteiger charge is 2.27. The molecular weight excluding hydrogens is 346 g/mol. The highest BCUT2D eigenvalue weighted by molar-refractivity contribution is 6.30. The third-order valence-corrected chi connectivity index (χ3v) is 5.32. The number of hydrogen-bond donors (Lipinski definition) is 1. The summed E-state index contributed by atoms with van der Waals surface area (Å²) in [4.78, 5) is 2.51. The van der Waals surface area contributed by atoms with Gasteiger partial charge < -0.3 is 10.2 Å². The topological polar surface area (TPSA) is 27.7 Å². The molecule has 0 atom stereocenters. The summed E-state index contributed by atoms with van der Waals surface area (Å²) in [6, 6.07) is 16.4. The molecule has 0 saturated heterocycles. The Balaban J connectivity index is 1.36. The molecule has 0 amide bonds. The van der Waals surface area contributed by atoms with Gasteiger partial charge >= 0.3 is 0 Å². The van der Waals surface area contributed by atoms with Crippen LogP contribution >= 0.6 is 11.6 Å². The molecular formula is C21H24ClN3O. The van der Waals surface area contributed by atoms with Crippen LogP contribution in [0.4, 0.5) is 0 Å². The van der Waals surface area contributed by atoms with Gasteiger partial charge in [-0.1, -0.05) is 41.9 Å². The summed E-state index contributed by atoms with van der Waals surface area (Å²) >= 11 is 5.99. The molecule has 4 rings (SSSR count). The van der Waals surface area contributed by atoms with Gasteiger partial charge in [0.1, 0.15) is 5.75 Å². The summed E-state index contributed by atoms with van der Waals surface area (Å²) in [6.07, 6.45) is 1.07. The van der Waals surface area contributed by atoms with Gasteiger partial charge in [-0.2, -0.15) is 0 Å². The molecule has 0 spiro atoms.